The summed E-state index contributed by atoms with van der Waals surface area (Å²) in [6.07, 6.45) is 2.86. The third-order valence-corrected chi connectivity index (χ3v) is 6.44. The van der Waals surface area contributed by atoms with Gasteiger partial charge in [-0.1, -0.05) is 44.5 Å². The van der Waals surface area contributed by atoms with Crippen molar-refractivity contribution >= 4 is 23.0 Å². The van der Waals surface area contributed by atoms with E-state index < -0.39 is 35.4 Å². The molecule has 0 saturated carbocycles. The van der Waals surface area contributed by atoms with Crippen LogP contribution >= 0.6 is 11.8 Å². The second kappa shape index (κ2) is 13.1. The third kappa shape index (κ3) is 7.96. The number of carbonyl (C=O) groups is 1. The fourth-order valence-corrected chi connectivity index (χ4v) is 4.86. The Morgan fingerprint density at radius 3 is 2.36 bits per heavy atom. The zero-order valence-electron chi connectivity index (χ0n) is 21.0. The van der Waals surface area contributed by atoms with Gasteiger partial charge < -0.3 is 24.1 Å². The van der Waals surface area contributed by atoms with Crippen LogP contribution in [0, 0.1) is 0 Å². The summed E-state index contributed by atoms with van der Waals surface area (Å²) in [6.45, 7) is 16.6. The Labute approximate surface area is 203 Å². The highest BCUT2D eigenvalue weighted by Crippen LogP contribution is 2.40. The summed E-state index contributed by atoms with van der Waals surface area (Å²) in [6, 6.07) is -0.363. The smallest absolute Gasteiger partial charge is 0.416 e. The van der Waals surface area contributed by atoms with Gasteiger partial charge in [0.25, 0.3) is 0 Å². The van der Waals surface area contributed by atoms with Crippen LogP contribution in [0.15, 0.2) is 17.6 Å². The number of aliphatic imine (C=N–C) groups is 1. The minimum absolute atomic E-state index is 0.262. The van der Waals surface area contributed by atoms with Crippen LogP contribution < -0.4 is 0 Å². The molecule has 2 aliphatic heterocycles. The monoisotopic (exact) mass is 486 g/mol. The number of nitrogens with zero attached hydrogens (tertiary/aromatic N) is 2. The van der Waals surface area contributed by atoms with Gasteiger partial charge in [-0.15, -0.1) is 6.58 Å². The largest absolute Gasteiger partial charge is 0.443 e. The van der Waals surface area contributed by atoms with Crippen LogP contribution in [0.1, 0.15) is 67.2 Å². The molecule has 190 valence electrons. The maximum Gasteiger partial charge on any atom is 0.416 e. The molecule has 2 aliphatic rings. The van der Waals surface area contributed by atoms with Crippen molar-refractivity contribution in [2.45, 2.75) is 109 Å². The van der Waals surface area contributed by atoms with Gasteiger partial charge in [-0.25, -0.2) is 4.79 Å². The molecule has 1 saturated heterocycles. The summed E-state index contributed by atoms with van der Waals surface area (Å²) < 4.78 is 24.4. The van der Waals surface area contributed by atoms with E-state index in [1.165, 1.54) is 16.7 Å². The third-order valence-electron chi connectivity index (χ3n) is 5.28. The van der Waals surface area contributed by atoms with E-state index >= 15 is 0 Å². The van der Waals surface area contributed by atoms with Crippen molar-refractivity contribution in [3.05, 3.63) is 12.7 Å². The molecular formula is C24H42N2O6S. The molecule has 2 heterocycles. The second-order valence-electron chi connectivity index (χ2n) is 9.49. The Kier molecular flexibility index (Phi) is 11.2. The number of amides is 1. The summed E-state index contributed by atoms with van der Waals surface area (Å²) in [5.41, 5.74) is -1.03. The molecule has 1 amide bonds. The van der Waals surface area contributed by atoms with E-state index in [4.69, 9.17) is 23.9 Å². The Morgan fingerprint density at radius 1 is 1.24 bits per heavy atom. The van der Waals surface area contributed by atoms with Gasteiger partial charge in [0.2, 0.25) is 0 Å². The minimum atomic E-state index is -0.741. The van der Waals surface area contributed by atoms with Crippen molar-refractivity contribution in [3.63, 3.8) is 0 Å². The number of ether oxygens (including phenoxy) is 4. The minimum Gasteiger partial charge on any atom is -0.443 e. The molecule has 0 spiro atoms. The van der Waals surface area contributed by atoms with Gasteiger partial charge in [-0.05, 0) is 40.5 Å². The van der Waals surface area contributed by atoms with Crippen LogP contribution in [0.3, 0.4) is 0 Å². The molecule has 0 aromatic heterocycles. The first-order valence-electron chi connectivity index (χ1n) is 12.1. The van der Waals surface area contributed by atoms with Crippen molar-refractivity contribution in [3.8, 4) is 0 Å². The van der Waals surface area contributed by atoms with E-state index in [1.54, 1.807) is 13.0 Å². The van der Waals surface area contributed by atoms with Crippen LogP contribution in [0.2, 0.25) is 0 Å². The molecule has 0 aliphatic carbocycles. The normalized spacial score (nSPS) is 28.1. The van der Waals surface area contributed by atoms with E-state index in [-0.39, 0.29) is 18.7 Å². The Morgan fingerprint density at radius 2 is 1.85 bits per heavy atom. The van der Waals surface area contributed by atoms with Crippen molar-refractivity contribution < 1.29 is 28.8 Å². The van der Waals surface area contributed by atoms with Crippen LogP contribution in [-0.4, -0.2) is 82.5 Å². The number of thioether (sulfide) groups is 1. The highest BCUT2D eigenvalue weighted by atomic mass is 32.2. The molecule has 1 N–H and O–H groups in total. The van der Waals surface area contributed by atoms with Gasteiger partial charge in [-0.3, -0.25) is 9.89 Å². The SMILES string of the molecule is C=CCN(C(=O)OC(C)(C)C)C1=N[C@@H]2[C@@H](OCCCC)[C@H](OCCCC)[C@@H](C(C)O)O[C@@H]2S1. The summed E-state index contributed by atoms with van der Waals surface area (Å²) in [5, 5.41) is 11.0. The van der Waals surface area contributed by atoms with Crippen LogP contribution in [0.4, 0.5) is 4.79 Å². The number of unbranched alkanes of at least 4 members (excludes halogenated alkanes) is 2. The first kappa shape index (κ1) is 28.1. The van der Waals surface area contributed by atoms with Gasteiger partial charge >= 0.3 is 6.09 Å². The standard InChI is InChI=1S/C24H42N2O6S/c1-8-11-14-29-19-17-21(31-18(16(4)27)20(19)30-15-12-9-2)33-22(25-17)26(13-10-3)23(28)32-24(5,6)7/h10,16-21,27H,3,8-9,11-15H2,1-2,4-7H3/t16?,17-,18-,19-,20-,21-/m1/s1. The average molecular weight is 487 g/mol. The number of aliphatic hydroxyl groups is 1. The Balaban J connectivity index is 2.32. The molecule has 0 radical (unpaired) electrons. The zero-order valence-corrected chi connectivity index (χ0v) is 21.8. The molecule has 9 heteroatoms. The Bertz CT molecular complexity index is 666. The molecule has 33 heavy (non-hydrogen) atoms. The quantitative estimate of drug-likeness (QED) is 0.343. The molecule has 1 fully saturated rings. The first-order valence-corrected chi connectivity index (χ1v) is 12.9. The van der Waals surface area contributed by atoms with E-state index in [0.717, 1.165) is 25.7 Å². The average Bonchev–Trinajstić information content (AvgIpc) is 3.15. The lowest BCUT2D eigenvalue weighted by Crippen LogP contribution is -2.59. The van der Waals surface area contributed by atoms with E-state index in [0.29, 0.717) is 18.4 Å². The molecule has 0 aromatic rings. The van der Waals surface area contributed by atoms with Crippen molar-refractivity contribution in [2.24, 2.45) is 4.99 Å². The number of fused-ring (bicyclic) bond motifs is 1. The van der Waals surface area contributed by atoms with Crippen molar-refractivity contribution in [1.29, 1.82) is 0 Å². The van der Waals surface area contributed by atoms with E-state index in [9.17, 15) is 9.90 Å². The Hall–Kier alpha value is -1.13. The lowest BCUT2D eigenvalue weighted by molar-refractivity contribution is -0.212. The summed E-state index contributed by atoms with van der Waals surface area (Å²) in [5.74, 6) is 0. The molecule has 0 aromatic carbocycles. The molecular weight excluding hydrogens is 444 g/mol. The highest BCUT2D eigenvalue weighted by molar-refractivity contribution is 8.14. The van der Waals surface area contributed by atoms with Crippen LogP contribution in [0.5, 0.6) is 0 Å². The fourth-order valence-electron chi connectivity index (χ4n) is 3.65. The van der Waals surface area contributed by atoms with Gasteiger partial charge in [-0.2, -0.15) is 0 Å². The molecule has 8 nitrogen and oxygen atoms in total. The molecule has 0 bridgehead atoms. The molecule has 6 atom stereocenters. The zero-order chi connectivity index (χ0) is 24.6. The lowest BCUT2D eigenvalue weighted by Gasteiger charge is -2.43. The van der Waals surface area contributed by atoms with Gasteiger partial charge in [0.15, 0.2) is 5.17 Å². The second-order valence-corrected chi connectivity index (χ2v) is 10.6. The molecule has 2 rings (SSSR count). The van der Waals surface area contributed by atoms with Crippen molar-refractivity contribution in [1.82, 2.24) is 4.90 Å². The van der Waals surface area contributed by atoms with Gasteiger partial charge in [0.05, 0.1) is 6.10 Å². The predicted molar refractivity (Wildman–Crippen MR) is 132 cm³/mol. The summed E-state index contributed by atoms with van der Waals surface area (Å²) in [4.78, 5) is 19.2. The number of amidine groups is 1. The number of hydrogen-bond acceptors (Lipinski definition) is 8. The molecule has 1 unspecified atom stereocenters. The maximum absolute atomic E-state index is 12.9. The number of carbonyl (C=O) groups excluding carboxylic acids is 1. The van der Waals surface area contributed by atoms with E-state index in [2.05, 4.69) is 20.4 Å². The predicted octanol–water partition coefficient (Wildman–Crippen LogP) is 4.36. The van der Waals surface area contributed by atoms with Crippen LogP contribution in [-0.2, 0) is 18.9 Å². The summed E-state index contributed by atoms with van der Waals surface area (Å²) >= 11 is 1.35. The number of hydrogen-bond donors (Lipinski definition) is 1. The number of aliphatic hydroxyl groups excluding tert-OH is 1. The first-order chi connectivity index (χ1) is 15.6. The highest BCUT2D eigenvalue weighted by Gasteiger charge is 2.52. The topological polar surface area (TPSA) is 89.8 Å². The fraction of sp³-hybridized carbons (Fsp3) is 0.833. The number of rotatable bonds is 11. The maximum atomic E-state index is 12.9. The summed E-state index contributed by atoms with van der Waals surface area (Å²) in [7, 11) is 0. The van der Waals surface area contributed by atoms with Gasteiger partial charge in [0, 0.05) is 19.8 Å². The van der Waals surface area contributed by atoms with Crippen molar-refractivity contribution in [2.75, 3.05) is 19.8 Å². The lowest BCUT2D eigenvalue weighted by atomic mass is 9.94. The van der Waals surface area contributed by atoms with Gasteiger partial charge in [0.1, 0.15) is 35.4 Å². The van der Waals surface area contributed by atoms with Crippen LogP contribution in [0.25, 0.3) is 0 Å². The van der Waals surface area contributed by atoms with E-state index in [1.807, 2.05) is 20.8 Å².